The van der Waals surface area contributed by atoms with Crippen molar-refractivity contribution in [3.05, 3.63) is 35.9 Å². The van der Waals surface area contributed by atoms with Crippen molar-refractivity contribution in [3.8, 4) is 0 Å². The minimum Gasteiger partial charge on any atom is -0.481 e. The number of carbonyl (C=O) groups excluding carboxylic acids is 3. The Morgan fingerprint density at radius 3 is 2.15 bits per heavy atom. The van der Waals surface area contributed by atoms with Gasteiger partial charge in [0.05, 0.1) is 12.6 Å². The van der Waals surface area contributed by atoms with E-state index in [0.29, 0.717) is 12.0 Å². The molecule has 0 heterocycles. The fraction of sp³-hybridized carbons (Fsp3) is 0.500. The van der Waals surface area contributed by atoms with E-state index in [1.807, 2.05) is 13.8 Å². The summed E-state index contributed by atoms with van der Waals surface area (Å²) in [6, 6.07) is 5.38. The topological polar surface area (TPSA) is 188 Å². The third-order valence-electron chi connectivity index (χ3n) is 5.18. The van der Waals surface area contributed by atoms with Crippen LogP contribution in [0.15, 0.2) is 30.3 Å². The molecule has 33 heavy (non-hydrogen) atoms. The summed E-state index contributed by atoms with van der Waals surface area (Å²) >= 11 is 0. The molecule has 11 nitrogen and oxygen atoms in total. The van der Waals surface area contributed by atoms with Crippen LogP contribution in [0, 0.1) is 5.92 Å². The lowest BCUT2D eigenvalue weighted by Gasteiger charge is -2.22. The average molecular weight is 465 g/mol. The van der Waals surface area contributed by atoms with Crippen molar-refractivity contribution in [2.75, 3.05) is 6.54 Å². The van der Waals surface area contributed by atoms with E-state index in [-0.39, 0.29) is 18.8 Å². The van der Waals surface area contributed by atoms with E-state index >= 15 is 0 Å². The zero-order chi connectivity index (χ0) is 25.0. The first-order chi connectivity index (χ1) is 15.5. The number of carboxylic acid groups (broad SMARTS) is 2. The van der Waals surface area contributed by atoms with Gasteiger partial charge in [-0.1, -0.05) is 50.6 Å². The van der Waals surface area contributed by atoms with Crippen LogP contribution in [0.1, 0.15) is 38.7 Å². The maximum absolute atomic E-state index is 12.8. The van der Waals surface area contributed by atoms with Gasteiger partial charge in [0.25, 0.3) is 0 Å². The van der Waals surface area contributed by atoms with E-state index in [1.54, 1.807) is 30.3 Å². The summed E-state index contributed by atoms with van der Waals surface area (Å²) in [7, 11) is 0. The van der Waals surface area contributed by atoms with Gasteiger partial charge < -0.3 is 31.9 Å². The van der Waals surface area contributed by atoms with Gasteiger partial charge in [-0.25, -0.2) is 4.79 Å². The fourth-order valence-electron chi connectivity index (χ4n) is 2.90. The van der Waals surface area contributed by atoms with Gasteiger partial charge in [0.15, 0.2) is 0 Å². The molecular formula is C22H32N4O7. The van der Waals surface area contributed by atoms with E-state index in [1.165, 1.54) is 0 Å². The first-order valence-electron chi connectivity index (χ1n) is 10.7. The highest BCUT2D eigenvalue weighted by Crippen LogP contribution is 2.06. The molecule has 1 aromatic rings. The number of aliphatic carboxylic acids is 2. The minimum absolute atomic E-state index is 0.0595. The molecule has 0 aliphatic carbocycles. The van der Waals surface area contributed by atoms with Crippen LogP contribution >= 0.6 is 0 Å². The largest absolute Gasteiger partial charge is 0.481 e. The first kappa shape index (κ1) is 27.6. The molecule has 11 heteroatoms. The molecule has 0 fully saturated rings. The number of hydrogen-bond acceptors (Lipinski definition) is 6. The van der Waals surface area contributed by atoms with Gasteiger partial charge in [-0.15, -0.1) is 0 Å². The molecular weight excluding hydrogens is 432 g/mol. The van der Waals surface area contributed by atoms with Crippen molar-refractivity contribution in [1.29, 1.82) is 0 Å². The Balaban J connectivity index is 2.85. The number of nitrogens with two attached hydrogens (primary N) is 1. The predicted octanol–water partition coefficient (Wildman–Crippen LogP) is -0.362. The van der Waals surface area contributed by atoms with E-state index in [9.17, 15) is 29.1 Å². The summed E-state index contributed by atoms with van der Waals surface area (Å²) < 4.78 is 0. The number of amides is 3. The molecule has 0 aliphatic heterocycles. The molecule has 0 saturated heterocycles. The average Bonchev–Trinajstić information content (AvgIpc) is 2.78. The Labute approximate surface area is 192 Å². The molecule has 182 valence electrons. The Bertz CT molecular complexity index is 831. The maximum Gasteiger partial charge on any atom is 0.326 e. The minimum atomic E-state index is -1.43. The summed E-state index contributed by atoms with van der Waals surface area (Å²) in [6.45, 7) is 3.29. The van der Waals surface area contributed by atoms with Crippen molar-refractivity contribution in [2.45, 2.75) is 57.7 Å². The smallest absolute Gasteiger partial charge is 0.326 e. The number of rotatable bonds is 14. The molecule has 4 atom stereocenters. The zero-order valence-electron chi connectivity index (χ0n) is 18.7. The number of benzene rings is 1. The van der Waals surface area contributed by atoms with Gasteiger partial charge in [0.1, 0.15) is 12.1 Å². The summed E-state index contributed by atoms with van der Waals surface area (Å²) in [5.74, 6) is -4.61. The fourth-order valence-corrected chi connectivity index (χ4v) is 2.90. The Kier molecular flexibility index (Phi) is 11.6. The number of carbonyl (C=O) groups is 5. The number of carboxylic acids is 2. The molecule has 0 aromatic heterocycles. The van der Waals surface area contributed by atoms with E-state index in [4.69, 9.17) is 10.8 Å². The standard InChI is InChI=1S/C22H32N4O7/c1-3-13(2)19(23)21(31)24-12-17(27)25-16(11-14-7-5-4-6-8-14)20(30)26-15(22(32)33)9-10-18(28)29/h4-8,13,15-16,19H,3,9-12,23H2,1-2H3,(H,24,31)(H,25,27)(H,26,30)(H,28,29)(H,32,33). The van der Waals surface area contributed by atoms with Gasteiger partial charge >= 0.3 is 11.9 Å². The first-order valence-corrected chi connectivity index (χ1v) is 10.7. The molecule has 0 spiro atoms. The van der Waals surface area contributed by atoms with Crippen molar-refractivity contribution < 1.29 is 34.2 Å². The van der Waals surface area contributed by atoms with Gasteiger partial charge in [-0.3, -0.25) is 19.2 Å². The quantitative estimate of drug-likeness (QED) is 0.215. The molecule has 0 bridgehead atoms. The normalized spacial score (nSPS) is 14.3. The highest BCUT2D eigenvalue weighted by molar-refractivity contribution is 5.92. The molecule has 0 aliphatic rings. The lowest BCUT2D eigenvalue weighted by atomic mass is 9.99. The SMILES string of the molecule is CCC(C)C(N)C(=O)NCC(=O)NC(Cc1ccccc1)C(=O)NC(CCC(=O)O)C(=O)O. The summed E-state index contributed by atoms with van der Waals surface area (Å²) in [5, 5.41) is 25.3. The second-order valence-corrected chi connectivity index (χ2v) is 7.77. The highest BCUT2D eigenvalue weighted by atomic mass is 16.4. The van der Waals surface area contributed by atoms with Crippen molar-refractivity contribution in [3.63, 3.8) is 0 Å². The second-order valence-electron chi connectivity index (χ2n) is 7.77. The van der Waals surface area contributed by atoms with Crippen LogP contribution in [0.3, 0.4) is 0 Å². The highest BCUT2D eigenvalue weighted by Gasteiger charge is 2.27. The van der Waals surface area contributed by atoms with Crippen LogP contribution in [-0.4, -0.2) is 64.5 Å². The van der Waals surface area contributed by atoms with E-state index in [0.717, 1.165) is 0 Å². The monoisotopic (exact) mass is 464 g/mol. The molecule has 0 radical (unpaired) electrons. The van der Waals surface area contributed by atoms with Gasteiger partial charge in [-0.05, 0) is 17.9 Å². The zero-order valence-corrected chi connectivity index (χ0v) is 18.7. The van der Waals surface area contributed by atoms with Gasteiger partial charge in [-0.2, -0.15) is 0 Å². The van der Waals surface area contributed by atoms with Gasteiger partial charge in [0, 0.05) is 12.8 Å². The molecule has 3 amide bonds. The molecule has 7 N–H and O–H groups in total. The second kappa shape index (κ2) is 13.8. The lowest BCUT2D eigenvalue weighted by molar-refractivity contribution is -0.143. The van der Waals surface area contributed by atoms with E-state index < -0.39 is 60.8 Å². The lowest BCUT2D eigenvalue weighted by Crippen LogP contribution is -2.54. The predicted molar refractivity (Wildman–Crippen MR) is 119 cm³/mol. The Morgan fingerprint density at radius 2 is 1.61 bits per heavy atom. The maximum atomic E-state index is 12.8. The van der Waals surface area contributed by atoms with Crippen LogP contribution in [0.25, 0.3) is 0 Å². The van der Waals surface area contributed by atoms with Crippen molar-refractivity contribution in [1.82, 2.24) is 16.0 Å². The van der Waals surface area contributed by atoms with Crippen LogP contribution < -0.4 is 21.7 Å². The summed E-state index contributed by atoms with van der Waals surface area (Å²) in [5.41, 5.74) is 6.54. The Morgan fingerprint density at radius 1 is 0.970 bits per heavy atom. The molecule has 0 saturated carbocycles. The summed E-state index contributed by atoms with van der Waals surface area (Å²) in [6.07, 6.45) is -0.0157. The molecule has 1 aromatic carbocycles. The van der Waals surface area contributed by atoms with Gasteiger partial charge in [0.2, 0.25) is 17.7 Å². The summed E-state index contributed by atoms with van der Waals surface area (Å²) in [4.78, 5) is 59.5. The number of nitrogens with one attached hydrogen (secondary N) is 3. The van der Waals surface area contributed by atoms with Crippen LogP contribution in [0.4, 0.5) is 0 Å². The third-order valence-corrected chi connectivity index (χ3v) is 5.18. The molecule has 1 rings (SSSR count). The number of hydrogen-bond donors (Lipinski definition) is 6. The van der Waals surface area contributed by atoms with Crippen molar-refractivity contribution >= 4 is 29.7 Å². The Hall–Kier alpha value is -3.47. The van der Waals surface area contributed by atoms with Crippen LogP contribution in [0.2, 0.25) is 0 Å². The van der Waals surface area contributed by atoms with Crippen LogP contribution in [-0.2, 0) is 30.4 Å². The molecule has 4 unspecified atom stereocenters. The van der Waals surface area contributed by atoms with Crippen LogP contribution in [0.5, 0.6) is 0 Å². The van der Waals surface area contributed by atoms with E-state index in [2.05, 4.69) is 16.0 Å². The van der Waals surface area contributed by atoms with Crippen molar-refractivity contribution in [2.24, 2.45) is 11.7 Å². The third kappa shape index (κ3) is 10.1.